The summed E-state index contributed by atoms with van der Waals surface area (Å²) in [5.41, 5.74) is -0.379. The number of halogens is 2. The molecule has 0 amide bonds. The van der Waals surface area contributed by atoms with Gasteiger partial charge in [0.25, 0.3) is 0 Å². The molecule has 0 unspecified atom stereocenters. The number of thiazole rings is 1. The molecule has 0 spiro atoms. The van der Waals surface area contributed by atoms with Gasteiger partial charge in [0, 0.05) is 47.5 Å². The Kier molecular flexibility index (Phi) is 6.10. The van der Waals surface area contributed by atoms with E-state index in [1.807, 2.05) is 0 Å². The average molecular weight is 529 g/mol. The number of sulfonamides is 1. The van der Waals surface area contributed by atoms with Crippen LogP contribution in [0.5, 0.6) is 0 Å². The Balaban J connectivity index is 1.53. The molecule has 9 nitrogen and oxygen atoms in total. The summed E-state index contributed by atoms with van der Waals surface area (Å²) in [5.74, 6) is -3.59. The van der Waals surface area contributed by atoms with Gasteiger partial charge < -0.3 is 4.98 Å². The number of aromatic amines is 1. The van der Waals surface area contributed by atoms with E-state index in [1.54, 1.807) is 48.5 Å². The summed E-state index contributed by atoms with van der Waals surface area (Å²) in [6, 6.07) is 5.25. The molecular weight excluding hydrogens is 510 g/mol. The third-order valence-electron chi connectivity index (χ3n) is 5.31. The van der Waals surface area contributed by atoms with Crippen LogP contribution in [-0.4, -0.2) is 44.7 Å². The van der Waals surface area contributed by atoms with Crippen LogP contribution in [0, 0.1) is 11.6 Å². The van der Waals surface area contributed by atoms with Crippen molar-refractivity contribution in [2.45, 2.75) is 13.3 Å². The van der Waals surface area contributed by atoms with Crippen LogP contribution in [0.3, 0.4) is 0 Å². The summed E-state index contributed by atoms with van der Waals surface area (Å²) in [6.45, 7) is 1.65. The van der Waals surface area contributed by atoms with E-state index in [0.717, 1.165) is 17.0 Å². The van der Waals surface area contributed by atoms with Gasteiger partial charge in [-0.15, -0.1) is 0 Å². The Labute approximate surface area is 207 Å². The topological polar surface area (TPSA) is 123 Å². The predicted octanol–water partition coefficient (Wildman–Crippen LogP) is 4.53. The number of ketones is 1. The number of nitrogens with zero attached hydrogens (tertiary/aromatic N) is 4. The molecule has 0 aliphatic rings. The van der Waals surface area contributed by atoms with Crippen LogP contribution in [0.15, 0.2) is 55.2 Å². The van der Waals surface area contributed by atoms with Crippen LogP contribution in [0.1, 0.15) is 29.3 Å². The standard InChI is InChI=1S/C23H18F2N6O3S2/c1-2-8-36(33,34)30-17-5-4-16(24)19(20(17)25)21(32)15-11-27-22-14(15)9-13(10-26-22)18-12-28-23(35-18)31-7-3-6-29-31/h3-7,9-12,30H,2,8H2,1H3,(H,26,27). The Morgan fingerprint density at radius 1 is 1.22 bits per heavy atom. The van der Waals surface area contributed by atoms with Gasteiger partial charge in [0.2, 0.25) is 20.9 Å². The second-order valence-corrected chi connectivity index (χ2v) is 10.7. The molecule has 0 saturated carbocycles. The van der Waals surface area contributed by atoms with Crippen molar-refractivity contribution in [3.63, 3.8) is 0 Å². The molecule has 0 saturated heterocycles. The SMILES string of the molecule is CCCS(=O)(=O)Nc1ccc(F)c(C(=O)c2c[nH]c3ncc(-c4cnc(-n5cccn5)s4)cc23)c1F. The lowest BCUT2D eigenvalue weighted by atomic mass is 10.0. The van der Waals surface area contributed by atoms with Gasteiger partial charge in [-0.3, -0.25) is 9.52 Å². The zero-order chi connectivity index (χ0) is 25.4. The third-order valence-corrected chi connectivity index (χ3v) is 7.82. The number of carbonyl (C=O) groups is 1. The summed E-state index contributed by atoms with van der Waals surface area (Å²) in [5, 5.41) is 5.13. The highest BCUT2D eigenvalue weighted by atomic mass is 32.2. The maximum atomic E-state index is 15.2. The van der Waals surface area contributed by atoms with Crippen molar-refractivity contribution in [3.8, 4) is 15.6 Å². The van der Waals surface area contributed by atoms with Crippen LogP contribution >= 0.6 is 11.3 Å². The van der Waals surface area contributed by atoms with Crippen LogP contribution < -0.4 is 4.72 Å². The molecular formula is C23H18F2N6O3S2. The van der Waals surface area contributed by atoms with Gasteiger partial charge >= 0.3 is 0 Å². The largest absolute Gasteiger partial charge is 0.345 e. The van der Waals surface area contributed by atoms with E-state index in [1.165, 1.54) is 17.5 Å². The number of carbonyl (C=O) groups excluding carboxylic acids is 1. The van der Waals surface area contributed by atoms with Crippen molar-refractivity contribution in [3.05, 3.63) is 78.0 Å². The maximum Gasteiger partial charge on any atom is 0.232 e. The molecule has 0 aliphatic carbocycles. The first kappa shape index (κ1) is 23.8. The molecule has 0 atom stereocenters. The number of aromatic nitrogens is 5. The molecule has 5 aromatic rings. The minimum Gasteiger partial charge on any atom is -0.345 e. The summed E-state index contributed by atoms with van der Waals surface area (Å²) in [6.07, 6.45) is 8.25. The molecule has 0 radical (unpaired) electrons. The first-order valence-corrected chi connectivity index (χ1v) is 13.2. The first-order valence-electron chi connectivity index (χ1n) is 10.7. The number of pyridine rings is 1. The minimum atomic E-state index is -3.85. The summed E-state index contributed by atoms with van der Waals surface area (Å²) in [4.78, 5) is 25.5. The fraction of sp³-hybridized carbons (Fsp3) is 0.130. The molecule has 1 aromatic carbocycles. The zero-order valence-corrected chi connectivity index (χ0v) is 20.3. The fourth-order valence-corrected chi connectivity index (χ4v) is 5.64. The number of H-pyrrole nitrogens is 1. The lowest BCUT2D eigenvalue weighted by Crippen LogP contribution is -2.18. The molecule has 0 fully saturated rings. The number of benzene rings is 1. The van der Waals surface area contributed by atoms with Gasteiger partial charge in [-0.1, -0.05) is 18.3 Å². The second kappa shape index (κ2) is 9.24. The smallest absolute Gasteiger partial charge is 0.232 e. The maximum absolute atomic E-state index is 15.2. The van der Waals surface area contributed by atoms with E-state index >= 15 is 4.39 Å². The molecule has 184 valence electrons. The molecule has 36 heavy (non-hydrogen) atoms. The highest BCUT2D eigenvalue weighted by molar-refractivity contribution is 7.92. The van der Waals surface area contributed by atoms with Crippen LogP contribution in [-0.2, 0) is 10.0 Å². The summed E-state index contributed by atoms with van der Waals surface area (Å²) >= 11 is 1.35. The number of anilines is 1. The van der Waals surface area contributed by atoms with Gasteiger partial charge in [-0.05, 0) is 30.7 Å². The number of fused-ring (bicyclic) bond motifs is 1. The lowest BCUT2D eigenvalue weighted by molar-refractivity contribution is 0.103. The average Bonchev–Trinajstić information content (AvgIpc) is 3.60. The molecule has 4 aromatic heterocycles. The zero-order valence-electron chi connectivity index (χ0n) is 18.7. The van der Waals surface area contributed by atoms with E-state index in [0.29, 0.717) is 28.1 Å². The van der Waals surface area contributed by atoms with Crippen molar-refractivity contribution in [2.24, 2.45) is 0 Å². The number of rotatable bonds is 8. The van der Waals surface area contributed by atoms with Gasteiger partial charge in [-0.25, -0.2) is 31.8 Å². The van der Waals surface area contributed by atoms with Crippen molar-refractivity contribution in [1.82, 2.24) is 24.7 Å². The van der Waals surface area contributed by atoms with Gasteiger partial charge in [0.15, 0.2) is 5.82 Å². The fourth-order valence-electron chi connectivity index (χ4n) is 3.67. The first-order chi connectivity index (χ1) is 17.3. The van der Waals surface area contributed by atoms with Gasteiger partial charge in [-0.2, -0.15) is 5.10 Å². The normalized spacial score (nSPS) is 11.8. The van der Waals surface area contributed by atoms with Gasteiger partial charge in [0.1, 0.15) is 11.5 Å². The van der Waals surface area contributed by atoms with E-state index < -0.39 is 38.7 Å². The Morgan fingerprint density at radius 3 is 2.81 bits per heavy atom. The monoisotopic (exact) mass is 528 g/mol. The van der Waals surface area contributed by atoms with E-state index in [9.17, 15) is 17.6 Å². The quantitative estimate of drug-likeness (QED) is 0.285. The molecule has 4 heterocycles. The Hall–Kier alpha value is -3.97. The van der Waals surface area contributed by atoms with E-state index in [-0.39, 0.29) is 11.3 Å². The summed E-state index contributed by atoms with van der Waals surface area (Å²) < 4.78 is 57.7. The van der Waals surface area contributed by atoms with E-state index in [2.05, 4.69) is 24.8 Å². The van der Waals surface area contributed by atoms with Crippen molar-refractivity contribution in [1.29, 1.82) is 0 Å². The van der Waals surface area contributed by atoms with Crippen LogP contribution in [0.25, 0.3) is 26.6 Å². The third kappa shape index (κ3) is 4.38. The number of hydrogen-bond donors (Lipinski definition) is 2. The second-order valence-electron chi connectivity index (χ2n) is 7.81. The van der Waals surface area contributed by atoms with Crippen LogP contribution in [0.2, 0.25) is 0 Å². The van der Waals surface area contributed by atoms with Crippen molar-refractivity contribution in [2.75, 3.05) is 10.5 Å². The number of nitrogens with one attached hydrogen (secondary N) is 2. The molecule has 0 aliphatic heterocycles. The van der Waals surface area contributed by atoms with Crippen molar-refractivity contribution < 1.29 is 22.0 Å². The minimum absolute atomic E-state index is 0.0115. The molecule has 0 bridgehead atoms. The van der Waals surface area contributed by atoms with Gasteiger partial charge in [0.05, 0.1) is 21.9 Å². The molecule has 5 rings (SSSR count). The molecule has 2 N–H and O–H groups in total. The molecule has 13 heteroatoms. The van der Waals surface area contributed by atoms with Crippen LogP contribution in [0.4, 0.5) is 14.5 Å². The Bertz CT molecular complexity index is 1690. The predicted molar refractivity (Wildman–Crippen MR) is 132 cm³/mol. The van der Waals surface area contributed by atoms with E-state index in [4.69, 9.17) is 0 Å². The highest BCUT2D eigenvalue weighted by Crippen LogP contribution is 2.32. The summed E-state index contributed by atoms with van der Waals surface area (Å²) in [7, 11) is -3.85. The lowest BCUT2D eigenvalue weighted by Gasteiger charge is -2.11. The van der Waals surface area contributed by atoms with Crippen molar-refractivity contribution >= 4 is 43.9 Å². The highest BCUT2D eigenvalue weighted by Gasteiger charge is 2.26. The number of hydrogen-bond acceptors (Lipinski definition) is 7. The Morgan fingerprint density at radius 2 is 2.06 bits per heavy atom.